The molecule has 1 saturated heterocycles. The molecule has 6 heteroatoms. The van der Waals surface area contributed by atoms with E-state index in [1.165, 1.54) is 6.07 Å². The van der Waals surface area contributed by atoms with Crippen molar-refractivity contribution in [2.45, 2.75) is 38.7 Å². The highest BCUT2D eigenvalue weighted by Crippen LogP contribution is 2.30. The summed E-state index contributed by atoms with van der Waals surface area (Å²) in [6.07, 6.45) is 2.81. The highest BCUT2D eigenvalue weighted by Gasteiger charge is 2.33. The van der Waals surface area contributed by atoms with E-state index in [9.17, 15) is 14.3 Å². The van der Waals surface area contributed by atoms with E-state index in [0.29, 0.717) is 24.5 Å². The number of hydrogen-bond acceptors (Lipinski definition) is 3. The third-order valence-electron chi connectivity index (χ3n) is 5.42. The van der Waals surface area contributed by atoms with Crippen LogP contribution in [0.1, 0.15) is 41.5 Å². The highest BCUT2D eigenvalue weighted by atomic mass is 19.1. The Balaban J connectivity index is 1.71. The predicted octanol–water partition coefficient (Wildman–Crippen LogP) is 2.34. The molecule has 2 atom stereocenters. The van der Waals surface area contributed by atoms with Crippen LogP contribution >= 0.6 is 0 Å². The standard InChI is InChI=1S/C19H22FN3O2/c1-12-9-10-22(11-17(12)24)19(25)18-13-5-4-8-15(13)23(21-18)16-7-3-2-6-14(16)20/h2-3,6-7,12,17,24H,4-5,8-11H2,1H3. The maximum atomic E-state index is 14.2. The van der Waals surface area contributed by atoms with Crippen molar-refractivity contribution >= 4 is 5.91 Å². The van der Waals surface area contributed by atoms with Gasteiger partial charge in [-0.25, -0.2) is 9.07 Å². The van der Waals surface area contributed by atoms with Gasteiger partial charge in [-0.2, -0.15) is 5.10 Å². The smallest absolute Gasteiger partial charge is 0.274 e. The van der Waals surface area contributed by atoms with Crippen molar-refractivity contribution in [2.24, 2.45) is 5.92 Å². The Bertz CT molecular complexity index is 817. The van der Waals surface area contributed by atoms with Crippen molar-refractivity contribution in [1.82, 2.24) is 14.7 Å². The molecule has 1 aliphatic carbocycles. The number of piperidine rings is 1. The number of benzene rings is 1. The molecular formula is C19H22FN3O2. The summed E-state index contributed by atoms with van der Waals surface area (Å²) in [6, 6.07) is 6.50. The number of β-amino-alcohol motifs (C(OH)–C–C–N with tert-alkyl or cyclic N) is 1. The van der Waals surface area contributed by atoms with Crippen LogP contribution in [0, 0.1) is 11.7 Å². The third-order valence-corrected chi connectivity index (χ3v) is 5.42. The summed E-state index contributed by atoms with van der Waals surface area (Å²) in [6.45, 7) is 2.96. The molecule has 1 aliphatic heterocycles. The van der Waals surface area contributed by atoms with Crippen LogP contribution in [0.5, 0.6) is 0 Å². The summed E-state index contributed by atoms with van der Waals surface area (Å²) in [5.41, 5.74) is 2.66. The molecule has 4 rings (SSSR count). The first-order valence-corrected chi connectivity index (χ1v) is 8.89. The summed E-state index contributed by atoms with van der Waals surface area (Å²) in [5, 5.41) is 14.6. The molecule has 1 fully saturated rings. The summed E-state index contributed by atoms with van der Waals surface area (Å²) < 4.78 is 15.8. The number of aliphatic hydroxyl groups excluding tert-OH is 1. The summed E-state index contributed by atoms with van der Waals surface area (Å²) in [4.78, 5) is 14.7. The van der Waals surface area contributed by atoms with Gasteiger partial charge in [-0.05, 0) is 43.7 Å². The van der Waals surface area contributed by atoms with Crippen LogP contribution in [-0.4, -0.2) is 44.9 Å². The summed E-state index contributed by atoms with van der Waals surface area (Å²) in [7, 11) is 0. The molecule has 0 saturated carbocycles. The highest BCUT2D eigenvalue weighted by molar-refractivity contribution is 5.94. The monoisotopic (exact) mass is 343 g/mol. The van der Waals surface area contributed by atoms with Crippen LogP contribution < -0.4 is 0 Å². The zero-order valence-corrected chi connectivity index (χ0v) is 14.3. The largest absolute Gasteiger partial charge is 0.391 e. The lowest BCUT2D eigenvalue weighted by molar-refractivity contribution is 0.0244. The SMILES string of the molecule is CC1CCN(C(=O)c2nn(-c3ccccc3F)c3c2CCC3)CC1O. The maximum absolute atomic E-state index is 14.2. The van der Waals surface area contributed by atoms with Crippen molar-refractivity contribution in [3.63, 3.8) is 0 Å². The van der Waals surface area contributed by atoms with Crippen LogP contribution in [0.15, 0.2) is 24.3 Å². The average Bonchev–Trinajstić information content (AvgIpc) is 3.20. The fourth-order valence-corrected chi connectivity index (χ4v) is 3.82. The van der Waals surface area contributed by atoms with E-state index >= 15 is 0 Å². The Labute approximate surface area is 146 Å². The number of para-hydroxylation sites is 1. The molecule has 1 N–H and O–H groups in total. The number of rotatable bonds is 2. The lowest BCUT2D eigenvalue weighted by Gasteiger charge is -2.34. The number of carbonyl (C=O) groups excluding carboxylic acids is 1. The molecule has 0 spiro atoms. The Morgan fingerprint density at radius 2 is 2.12 bits per heavy atom. The van der Waals surface area contributed by atoms with Crippen molar-refractivity contribution in [3.8, 4) is 5.69 Å². The van der Waals surface area contributed by atoms with Gasteiger partial charge in [-0.1, -0.05) is 19.1 Å². The number of amides is 1. The van der Waals surface area contributed by atoms with Crippen molar-refractivity contribution < 1.29 is 14.3 Å². The number of aromatic nitrogens is 2. The van der Waals surface area contributed by atoms with E-state index in [1.54, 1.807) is 27.8 Å². The van der Waals surface area contributed by atoms with Crippen LogP contribution in [0.3, 0.4) is 0 Å². The minimum Gasteiger partial charge on any atom is -0.391 e. The molecule has 132 valence electrons. The number of fused-ring (bicyclic) bond motifs is 1. The van der Waals surface area contributed by atoms with Gasteiger partial charge in [0.05, 0.1) is 6.10 Å². The van der Waals surface area contributed by atoms with Crippen LogP contribution in [0.4, 0.5) is 4.39 Å². The molecule has 1 aromatic carbocycles. The summed E-state index contributed by atoms with van der Waals surface area (Å²) >= 11 is 0. The summed E-state index contributed by atoms with van der Waals surface area (Å²) in [5.74, 6) is -0.300. The van der Waals surface area contributed by atoms with Gasteiger partial charge in [-0.3, -0.25) is 4.79 Å². The lowest BCUT2D eigenvalue weighted by atomic mass is 9.95. The zero-order chi connectivity index (χ0) is 17.6. The van der Waals surface area contributed by atoms with Gasteiger partial charge in [0.1, 0.15) is 11.5 Å². The first kappa shape index (κ1) is 16.3. The van der Waals surface area contributed by atoms with Gasteiger partial charge < -0.3 is 10.0 Å². The van der Waals surface area contributed by atoms with E-state index in [0.717, 1.165) is 36.9 Å². The molecule has 0 radical (unpaired) electrons. The molecule has 25 heavy (non-hydrogen) atoms. The number of halogens is 1. The van der Waals surface area contributed by atoms with Gasteiger partial charge in [0.25, 0.3) is 5.91 Å². The lowest BCUT2D eigenvalue weighted by Crippen LogP contribution is -2.46. The van der Waals surface area contributed by atoms with Crippen LogP contribution in [0.2, 0.25) is 0 Å². The van der Waals surface area contributed by atoms with Crippen LogP contribution in [0.25, 0.3) is 5.69 Å². The molecule has 0 bridgehead atoms. The van der Waals surface area contributed by atoms with Gasteiger partial charge in [0, 0.05) is 24.3 Å². The third kappa shape index (κ3) is 2.74. The molecule has 2 unspecified atom stereocenters. The van der Waals surface area contributed by atoms with Gasteiger partial charge in [0.15, 0.2) is 5.69 Å². The quantitative estimate of drug-likeness (QED) is 0.911. The topological polar surface area (TPSA) is 58.4 Å². The van der Waals surface area contributed by atoms with Crippen molar-refractivity contribution in [1.29, 1.82) is 0 Å². The van der Waals surface area contributed by atoms with Gasteiger partial charge in [-0.15, -0.1) is 0 Å². The van der Waals surface area contributed by atoms with Crippen molar-refractivity contribution in [3.05, 3.63) is 47.0 Å². The molecule has 1 amide bonds. The van der Waals surface area contributed by atoms with E-state index in [2.05, 4.69) is 5.10 Å². The molecule has 2 heterocycles. The number of hydrogen-bond donors (Lipinski definition) is 1. The average molecular weight is 343 g/mol. The predicted molar refractivity (Wildman–Crippen MR) is 91.2 cm³/mol. The first-order chi connectivity index (χ1) is 12.1. The Morgan fingerprint density at radius 1 is 1.32 bits per heavy atom. The second kappa shape index (κ2) is 6.26. The second-order valence-electron chi connectivity index (χ2n) is 7.08. The number of nitrogens with zero attached hydrogens (tertiary/aromatic N) is 3. The maximum Gasteiger partial charge on any atom is 0.274 e. The van der Waals surface area contributed by atoms with Gasteiger partial charge >= 0.3 is 0 Å². The van der Waals surface area contributed by atoms with Crippen molar-refractivity contribution in [2.75, 3.05) is 13.1 Å². The zero-order valence-electron chi connectivity index (χ0n) is 14.3. The number of likely N-dealkylation sites (tertiary alicyclic amines) is 1. The minimum absolute atomic E-state index is 0.154. The molecule has 1 aromatic heterocycles. The molecule has 5 nitrogen and oxygen atoms in total. The fraction of sp³-hybridized carbons (Fsp3) is 0.474. The Kier molecular flexibility index (Phi) is 4.07. The first-order valence-electron chi connectivity index (χ1n) is 8.89. The molecule has 2 aromatic rings. The number of carbonyl (C=O) groups is 1. The molecular weight excluding hydrogens is 321 g/mol. The van der Waals surface area contributed by atoms with E-state index in [4.69, 9.17) is 0 Å². The van der Waals surface area contributed by atoms with Gasteiger partial charge in [0.2, 0.25) is 0 Å². The fourth-order valence-electron chi connectivity index (χ4n) is 3.82. The second-order valence-corrected chi connectivity index (χ2v) is 7.08. The van der Waals surface area contributed by atoms with E-state index < -0.39 is 6.10 Å². The van der Waals surface area contributed by atoms with E-state index in [-0.39, 0.29) is 17.6 Å². The normalized spacial score (nSPS) is 22.9. The Morgan fingerprint density at radius 3 is 2.88 bits per heavy atom. The number of aliphatic hydroxyl groups is 1. The van der Waals surface area contributed by atoms with E-state index in [1.807, 2.05) is 6.92 Å². The molecule has 2 aliphatic rings. The Hall–Kier alpha value is -2.21. The minimum atomic E-state index is -0.501. The van der Waals surface area contributed by atoms with Crippen LogP contribution in [-0.2, 0) is 12.8 Å².